The second kappa shape index (κ2) is 15.1. The molecule has 1 atom stereocenters. The van der Waals surface area contributed by atoms with Crippen LogP contribution in [0.1, 0.15) is 43.4 Å². The summed E-state index contributed by atoms with van der Waals surface area (Å²) in [6.07, 6.45) is 2.43. The Labute approximate surface area is 227 Å². The molecule has 0 spiro atoms. The summed E-state index contributed by atoms with van der Waals surface area (Å²) in [5, 5.41) is 15.8. The molecular weight excluding hydrogens is 474 g/mol. The molecule has 0 aromatic heterocycles. The van der Waals surface area contributed by atoms with Crippen molar-refractivity contribution in [2.75, 3.05) is 24.5 Å². The third-order valence-corrected chi connectivity index (χ3v) is 6.85. The molecule has 37 heavy (non-hydrogen) atoms. The largest absolute Gasteiger partial charge is 0.367 e. The van der Waals surface area contributed by atoms with Crippen LogP contribution in [-0.2, 0) is 6.54 Å². The molecule has 0 saturated carbocycles. The highest BCUT2D eigenvalue weighted by Crippen LogP contribution is 2.27. The first-order valence-electron chi connectivity index (χ1n) is 13.3. The lowest BCUT2D eigenvalue weighted by atomic mass is 9.99. The van der Waals surface area contributed by atoms with Crippen LogP contribution in [0.3, 0.4) is 0 Å². The average Bonchev–Trinajstić information content (AvgIpc) is 3.47. The van der Waals surface area contributed by atoms with Crippen molar-refractivity contribution in [2.45, 2.75) is 40.2 Å². The molecule has 1 fully saturated rings. The van der Waals surface area contributed by atoms with E-state index in [4.69, 9.17) is 11.6 Å². The summed E-state index contributed by atoms with van der Waals surface area (Å²) < 4.78 is 0. The Hall–Kier alpha value is -3.32. The fourth-order valence-electron chi connectivity index (χ4n) is 4.59. The Balaban J connectivity index is 0.000000361. The lowest BCUT2D eigenvalue weighted by Gasteiger charge is -2.27. The molecule has 1 unspecified atom stereocenters. The van der Waals surface area contributed by atoms with Gasteiger partial charge in [0, 0.05) is 23.8 Å². The molecule has 4 heteroatoms. The van der Waals surface area contributed by atoms with Crippen molar-refractivity contribution in [1.82, 2.24) is 5.32 Å². The molecule has 0 amide bonds. The first-order chi connectivity index (χ1) is 18.1. The Bertz CT molecular complexity index is 1260. The molecule has 0 aliphatic carbocycles. The first-order valence-corrected chi connectivity index (χ1v) is 13.7. The Kier molecular flexibility index (Phi) is 11.5. The zero-order valence-electron chi connectivity index (χ0n) is 22.3. The van der Waals surface area contributed by atoms with E-state index in [1.165, 1.54) is 29.7 Å². The van der Waals surface area contributed by atoms with Gasteiger partial charge in [0.05, 0.1) is 11.6 Å². The number of anilines is 1. The maximum Gasteiger partial charge on any atom is 0.0998 e. The van der Waals surface area contributed by atoms with Gasteiger partial charge in [0.2, 0.25) is 0 Å². The van der Waals surface area contributed by atoms with Crippen molar-refractivity contribution in [3.63, 3.8) is 0 Å². The van der Waals surface area contributed by atoms with Gasteiger partial charge in [0.15, 0.2) is 0 Å². The van der Waals surface area contributed by atoms with E-state index >= 15 is 0 Å². The normalized spacial score (nSPS) is 14.1. The molecule has 0 bridgehead atoms. The van der Waals surface area contributed by atoms with E-state index < -0.39 is 0 Å². The van der Waals surface area contributed by atoms with Crippen LogP contribution in [0.4, 0.5) is 5.69 Å². The second-order valence-corrected chi connectivity index (χ2v) is 9.57. The minimum atomic E-state index is 0.731. The van der Waals surface area contributed by atoms with Gasteiger partial charge >= 0.3 is 0 Å². The Morgan fingerprint density at radius 3 is 2.16 bits per heavy atom. The predicted octanol–water partition coefficient (Wildman–Crippen LogP) is 8.39. The summed E-state index contributed by atoms with van der Waals surface area (Å²) in [5.74, 6) is 0.743. The van der Waals surface area contributed by atoms with Gasteiger partial charge < -0.3 is 10.2 Å². The number of hydrogen-bond donors (Lipinski definition) is 1. The van der Waals surface area contributed by atoms with E-state index in [-0.39, 0.29) is 0 Å². The SMILES string of the molecule is CC.Cc1ccccc1.N#Cc1ccc(CN(CCC2CCNC2)c2ccc(Cl)cc2)c2ccccc12. The highest BCUT2D eigenvalue weighted by Gasteiger charge is 2.17. The van der Waals surface area contributed by atoms with Crippen LogP contribution >= 0.6 is 11.6 Å². The predicted molar refractivity (Wildman–Crippen MR) is 159 cm³/mol. The minimum absolute atomic E-state index is 0.731. The summed E-state index contributed by atoms with van der Waals surface area (Å²) >= 11 is 6.11. The zero-order chi connectivity index (χ0) is 26.5. The first kappa shape index (κ1) is 28.3. The lowest BCUT2D eigenvalue weighted by Crippen LogP contribution is -2.26. The van der Waals surface area contributed by atoms with Crippen molar-refractivity contribution in [2.24, 2.45) is 5.92 Å². The van der Waals surface area contributed by atoms with Crippen molar-refractivity contribution >= 4 is 28.1 Å². The smallest absolute Gasteiger partial charge is 0.0998 e. The van der Waals surface area contributed by atoms with E-state index in [0.717, 1.165) is 53.5 Å². The van der Waals surface area contributed by atoms with Gasteiger partial charge in [-0.2, -0.15) is 5.26 Å². The van der Waals surface area contributed by atoms with Gasteiger partial charge in [0.1, 0.15) is 0 Å². The summed E-state index contributed by atoms with van der Waals surface area (Å²) in [7, 11) is 0. The number of nitriles is 1. The quantitative estimate of drug-likeness (QED) is 0.282. The maximum absolute atomic E-state index is 9.44. The molecule has 4 aromatic rings. The Morgan fingerprint density at radius 2 is 1.57 bits per heavy atom. The number of benzene rings is 4. The standard InChI is InChI=1S/C24H24ClN3.C7H8.C2H6/c25-21-7-9-22(10-8-21)28(14-12-18-11-13-27-16-18)17-20-6-5-19(15-26)23-3-1-2-4-24(20)23;1-7-5-3-2-4-6-7;1-2/h1-10,18,27H,11-14,16-17H2;2-6H,1H3;1-2H3. The van der Waals surface area contributed by atoms with E-state index in [0.29, 0.717) is 0 Å². The second-order valence-electron chi connectivity index (χ2n) is 9.13. The topological polar surface area (TPSA) is 39.1 Å². The minimum Gasteiger partial charge on any atom is -0.367 e. The summed E-state index contributed by atoms with van der Waals surface area (Å²) in [4.78, 5) is 2.43. The summed E-state index contributed by atoms with van der Waals surface area (Å²) in [6, 6.07) is 32.9. The van der Waals surface area contributed by atoms with Gasteiger partial charge in [-0.3, -0.25) is 0 Å². The van der Waals surface area contributed by atoms with E-state index in [1.807, 2.05) is 68.4 Å². The molecule has 192 valence electrons. The fourth-order valence-corrected chi connectivity index (χ4v) is 4.71. The third kappa shape index (κ3) is 8.35. The lowest BCUT2D eigenvalue weighted by molar-refractivity contribution is 0.525. The zero-order valence-corrected chi connectivity index (χ0v) is 23.0. The summed E-state index contributed by atoms with van der Waals surface area (Å²) in [6.45, 7) is 10.1. The number of halogens is 1. The number of nitrogens with one attached hydrogen (secondary N) is 1. The average molecular weight is 512 g/mol. The third-order valence-electron chi connectivity index (χ3n) is 6.60. The molecule has 3 nitrogen and oxygen atoms in total. The maximum atomic E-state index is 9.44. The van der Waals surface area contributed by atoms with Crippen molar-refractivity contribution < 1.29 is 0 Å². The van der Waals surface area contributed by atoms with Crippen LogP contribution in [0.5, 0.6) is 0 Å². The van der Waals surface area contributed by atoms with Crippen LogP contribution in [0, 0.1) is 24.2 Å². The van der Waals surface area contributed by atoms with Crippen LogP contribution in [-0.4, -0.2) is 19.6 Å². The molecule has 1 saturated heterocycles. The molecule has 0 radical (unpaired) electrons. The van der Waals surface area contributed by atoms with Crippen LogP contribution in [0.2, 0.25) is 5.02 Å². The number of hydrogen-bond acceptors (Lipinski definition) is 3. The highest BCUT2D eigenvalue weighted by molar-refractivity contribution is 6.30. The number of fused-ring (bicyclic) bond motifs is 1. The van der Waals surface area contributed by atoms with Gasteiger partial charge in [0.25, 0.3) is 0 Å². The van der Waals surface area contributed by atoms with Crippen LogP contribution < -0.4 is 10.2 Å². The molecule has 1 aliphatic rings. The summed E-state index contributed by atoms with van der Waals surface area (Å²) in [5.41, 5.74) is 4.48. The Morgan fingerprint density at radius 1 is 0.892 bits per heavy atom. The molecule has 5 rings (SSSR count). The van der Waals surface area contributed by atoms with Crippen molar-refractivity contribution in [3.8, 4) is 6.07 Å². The number of aryl methyl sites for hydroxylation is 1. The van der Waals surface area contributed by atoms with Crippen molar-refractivity contribution in [3.05, 3.63) is 113 Å². The molecule has 4 aromatic carbocycles. The monoisotopic (exact) mass is 511 g/mol. The molecule has 1 aliphatic heterocycles. The van der Waals surface area contributed by atoms with Gasteiger partial charge in [-0.25, -0.2) is 0 Å². The van der Waals surface area contributed by atoms with E-state index in [2.05, 4.69) is 59.6 Å². The van der Waals surface area contributed by atoms with Gasteiger partial charge in [-0.05, 0) is 85.4 Å². The van der Waals surface area contributed by atoms with Crippen LogP contribution in [0.15, 0.2) is 91.0 Å². The fraction of sp³-hybridized carbons (Fsp3) is 0.303. The highest BCUT2D eigenvalue weighted by atomic mass is 35.5. The molecule has 1 heterocycles. The molecule has 1 N–H and O–H groups in total. The van der Waals surface area contributed by atoms with Gasteiger partial charge in [-0.15, -0.1) is 0 Å². The number of rotatable bonds is 6. The van der Waals surface area contributed by atoms with Crippen LogP contribution in [0.25, 0.3) is 10.8 Å². The molecular formula is C33H38ClN3. The van der Waals surface area contributed by atoms with E-state index in [1.54, 1.807) is 0 Å². The van der Waals surface area contributed by atoms with Gasteiger partial charge in [-0.1, -0.05) is 91.7 Å². The van der Waals surface area contributed by atoms with Crippen molar-refractivity contribution in [1.29, 1.82) is 5.26 Å². The number of nitrogens with zero attached hydrogens (tertiary/aromatic N) is 2. The van der Waals surface area contributed by atoms with E-state index in [9.17, 15) is 5.26 Å².